The second-order valence-electron chi connectivity index (χ2n) is 4.23. The van der Waals surface area contributed by atoms with E-state index < -0.39 is 0 Å². The molecule has 0 aliphatic carbocycles. The van der Waals surface area contributed by atoms with Crippen molar-refractivity contribution in [3.05, 3.63) is 71.8 Å². The minimum atomic E-state index is -0.333. The molecule has 0 saturated carbocycles. The van der Waals surface area contributed by atoms with Gasteiger partial charge in [-0.05, 0) is 17.7 Å². The van der Waals surface area contributed by atoms with Gasteiger partial charge in [0, 0.05) is 12.2 Å². The predicted molar refractivity (Wildman–Crippen MR) is 81.7 cm³/mol. The molecule has 102 valence electrons. The molecule has 0 amide bonds. The second-order valence-corrected chi connectivity index (χ2v) is 4.23. The minimum absolute atomic E-state index is 0.333. The van der Waals surface area contributed by atoms with Crippen molar-refractivity contribution >= 4 is 17.7 Å². The molecule has 0 saturated heterocycles. The van der Waals surface area contributed by atoms with E-state index in [0.29, 0.717) is 12.1 Å². The van der Waals surface area contributed by atoms with Crippen LogP contribution in [0, 0.1) is 0 Å². The molecule has 0 bridgehead atoms. The van der Waals surface area contributed by atoms with Crippen molar-refractivity contribution in [2.75, 3.05) is 19.0 Å². The fraction of sp³-hybridized carbons (Fsp3) is 0.118. The van der Waals surface area contributed by atoms with E-state index in [4.69, 9.17) is 4.74 Å². The van der Waals surface area contributed by atoms with Gasteiger partial charge >= 0.3 is 5.97 Å². The van der Waals surface area contributed by atoms with Gasteiger partial charge in [-0.15, -0.1) is 0 Å². The summed E-state index contributed by atoms with van der Waals surface area (Å²) in [5.41, 5.74) is 2.47. The van der Waals surface area contributed by atoms with Crippen LogP contribution >= 0.6 is 0 Å². The van der Waals surface area contributed by atoms with Crippen molar-refractivity contribution in [1.82, 2.24) is 0 Å². The number of hydrogen-bond acceptors (Lipinski definition) is 3. The van der Waals surface area contributed by atoms with Gasteiger partial charge in [-0.1, -0.05) is 54.6 Å². The second kappa shape index (κ2) is 7.14. The highest BCUT2D eigenvalue weighted by Gasteiger charge is 2.09. The number of nitrogens with one attached hydrogen (secondary N) is 1. The van der Waals surface area contributed by atoms with Crippen LogP contribution in [0.15, 0.2) is 60.7 Å². The average Bonchev–Trinajstić information content (AvgIpc) is 2.52. The number of anilines is 1. The fourth-order valence-corrected chi connectivity index (χ4v) is 1.85. The van der Waals surface area contributed by atoms with Gasteiger partial charge in [-0.3, -0.25) is 0 Å². The molecule has 1 N–H and O–H groups in total. The minimum Gasteiger partial charge on any atom is -0.465 e. The summed E-state index contributed by atoms with van der Waals surface area (Å²) in [4.78, 5) is 11.6. The van der Waals surface area contributed by atoms with E-state index in [1.165, 1.54) is 7.11 Å². The average molecular weight is 267 g/mol. The Bertz CT molecular complexity index is 591. The maximum Gasteiger partial charge on any atom is 0.339 e. The standard InChI is InChI=1S/C17H17NO2/c1-20-17(19)15-11-5-6-12-16(15)18-13-7-10-14-8-3-2-4-9-14/h2-12,18H,13H2,1H3/b10-7+. The summed E-state index contributed by atoms with van der Waals surface area (Å²) in [6.07, 6.45) is 4.05. The lowest BCUT2D eigenvalue weighted by atomic mass is 10.1. The molecular formula is C17H17NO2. The van der Waals surface area contributed by atoms with E-state index in [9.17, 15) is 4.79 Å². The molecule has 0 unspecified atom stereocenters. The summed E-state index contributed by atoms with van der Waals surface area (Å²) in [5, 5.41) is 3.21. The summed E-state index contributed by atoms with van der Waals surface area (Å²) < 4.78 is 4.76. The van der Waals surface area contributed by atoms with Gasteiger partial charge < -0.3 is 10.1 Å². The Morgan fingerprint density at radius 2 is 1.80 bits per heavy atom. The Hall–Kier alpha value is -2.55. The lowest BCUT2D eigenvalue weighted by Crippen LogP contribution is -2.07. The molecule has 20 heavy (non-hydrogen) atoms. The molecule has 2 aromatic carbocycles. The number of para-hydroxylation sites is 1. The zero-order valence-corrected chi connectivity index (χ0v) is 11.4. The Labute approximate surface area is 118 Å². The molecular weight excluding hydrogens is 250 g/mol. The molecule has 2 rings (SSSR count). The number of benzene rings is 2. The molecule has 0 radical (unpaired) electrons. The topological polar surface area (TPSA) is 38.3 Å². The summed E-state index contributed by atoms with van der Waals surface area (Å²) in [7, 11) is 1.38. The molecule has 0 aliphatic rings. The van der Waals surface area contributed by atoms with Crippen LogP contribution in [0.3, 0.4) is 0 Å². The van der Waals surface area contributed by atoms with Crippen molar-refractivity contribution < 1.29 is 9.53 Å². The molecule has 2 aromatic rings. The summed E-state index contributed by atoms with van der Waals surface area (Å²) >= 11 is 0. The van der Waals surface area contributed by atoms with Crippen molar-refractivity contribution in [3.8, 4) is 0 Å². The molecule has 0 heterocycles. The monoisotopic (exact) mass is 267 g/mol. The van der Waals surface area contributed by atoms with Crippen LogP contribution in [0.4, 0.5) is 5.69 Å². The van der Waals surface area contributed by atoms with E-state index in [0.717, 1.165) is 11.3 Å². The van der Waals surface area contributed by atoms with Crippen LogP contribution in [0.5, 0.6) is 0 Å². The maximum atomic E-state index is 11.6. The van der Waals surface area contributed by atoms with E-state index in [-0.39, 0.29) is 5.97 Å². The van der Waals surface area contributed by atoms with Crippen molar-refractivity contribution in [2.24, 2.45) is 0 Å². The Morgan fingerprint density at radius 3 is 2.55 bits per heavy atom. The first-order valence-corrected chi connectivity index (χ1v) is 6.44. The highest BCUT2D eigenvalue weighted by atomic mass is 16.5. The smallest absolute Gasteiger partial charge is 0.339 e. The quantitative estimate of drug-likeness (QED) is 0.841. The van der Waals surface area contributed by atoms with Crippen LogP contribution in [-0.2, 0) is 4.74 Å². The first-order chi connectivity index (χ1) is 9.81. The Balaban J connectivity index is 1.98. The van der Waals surface area contributed by atoms with Crippen LogP contribution in [-0.4, -0.2) is 19.6 Å². The van der Waals surface area contributed by atoms with Gasteiger partial charge in [0.1, 0.15) is 0 Å². The zero-order valence-electron chi connectivity index (χ0n) is 11.4. The summed E-state index contributed by atoms with van der Waals surface area (Å²) in [6.45, 7) is 0.642. The Kier molecular flexibility index (Phi) is 4.95. The van der Waals surface area contributed by atoms with Crippen LogP contribution < -0.4 is 5.32 Å². The van der Waals surface area contributed by atoms with Crippen LogP contribution in [0.1, 0.15) is 15.9 Å². The van der Waals surface area contributed by atoms with Gasteiger partial charge in [-0.25, -0.2) is 4.79 Å². The first kappa shape index (κ1) is 13.9. The molecule has 0 fully saturated rings. The number of methoxy groups -OCH3 is 1. The van der Waals surface area contributed by atoms with Gasteiger partial charge in [0.2, 0.25) is 0 Å². The number of carbonyl (C=O) groups is 1. The molecule has 0 aromatic heterocycles. The normalized spacial score (nSPS) is 10.4. The first-order valence-electron chi connectivity index (χ1n) is 6.44. The number of rotatable bonds is 5. The maximum absolute atomic E-state index is 11.6. The third-order valence-electron chi connectivity index (χ3n) is 2.85. The van der Waals surface area contributed by atoms with E-state index in [1.807, 2.05) is 60.7 Å². The van der Waals surface area contributed by atoms with Gasteiger partial charge in [-0.2, -0.15) is 0 Å². The molecule has 3 heteroatoms. The number of carbonyl (C=O) groups excluding carboxylic acids is 1. The SMILES string of the molecule is COC(=O)c1ccccc1NC/C=C/c1ccccc1. The van der Waals surface area contributed by atoms with E-state index >= 15 is 0 Å². The van der Waals surface area contributed by atoms with Crippen molar-refractivity contribution in [3.63, 3.8) is 0 Å². The molecule has 0 spiro atoms. The summed E-state index contributed by atoms with van der Waals surface area (Å²) in [6, 6.07) is 17.4. The van der Waals surface area contributed by atoms with Crippen molar-refractivity contribution in [1.29, 1.82) is 0 Å². The van der Waals surface area contributed by atoms with Gasteiger partial charge in [0.05, 0.1) is 12.7 Å². The lowest BCUT2D eigenvalue weighted by Gasteiger charge is -2.08. The lowest BCUT2D eigenvalue weighted by molar-refractivity contribution is 0.0602. The summed E-state index contributed by atoms with van der Waals surface area (Å²) in [5.74, 6) is -0.333. The Morgan fingerprint density at radius 1 is 1.10 bits per heavy atom. The molecule has 0 aliphatic heterocycles. The van der Waals surface area contributed by atoms with E-state index in [1.54, 1.807) is 6.07 Å². The van der Waals surface area contributed by atoms with Gasteiger partial charge in [0.25, 0.3) is 0 Å². The number of hydrogen-bond donors (Lipinski definition) is 1. The van der Waals surface area contributed by atoms with Crippen LogP contribution in [0.25, 0.3) is 6.08 Å². The molecule has 0 atom stereocenters. The van der Waals surface area contributed by atoms with Gasteiger partial charge in [0.15, 0.2) is 0 Å². The van der Waals surface area contributed by atoms with E-state index in [2.05, 4.69) is 5.32 Å². The fourth-order valence-electron chi connectivity index (χ4n) is 1.85. The highest BCUT2D eigenvalue weighted by molar-refractivity contribution is 5.95. The largest absolute Gasteiger partial charge is 0.465 e. The number of ether oxygens (including phenoxy) is 1. The number of esters is 1. The zero-order chi connectivity index (χ0) is 14.2. The predicted octanol–water partition coefficient (Wildman–Crippen LogP) is 3.60. The highest BCUT2D eigenvalue weighted by Crippen LogP contribution is 2.15. The third-order valence-corrected chi connectivity index (χ3v) is 2.85. The van der Waals surface area contributed by atoms with Crippen molar-refractivity contribution in [2.45, 2.75) is 0 Å². The molecule has 3 nitrogen and oxygen atoms in total. The van der Waals surface area contributed by atoms with Crippen LogP contribution in [0.2, 0.25) is 0 Å². The third kappa shape index (κ3) is 3.72.